The Hall–Kier alpha value is -1.93. The van der Waals surface area contributed by atoms with Crippen molar-refractivity contribution in [3.05, 3.63) is 47.6 Å². The Labute approximate surface area is 118 Å². The Kier molecular flexibility index (Phi) is 4.92. The molecule has 1 unspecified atom stereocenters. The highest BCUT2D eigenvalue weighted by Crippen LogP contribution is 2.29. The summed E-state index contributed by atoms with van der Waals surface area (Å²) in [5.41, 5.74) is -0.307. The minimum atomic E-state index is -4.37. The average Bonchev–Trinajstić information content (AvgIpc) is 2.96. The van der Waals surface area contributed by atoms with Crippen molar-refractivity contribution >= 4 is 0 Å². The number of aliphatic hydroxyl groups is 1. The number of rotatable bonds is 6. The molecule has 0 fully saturated rings. The second-order valence-electron chi connectivity index (χ2n) is 4.44. The first-order chi connectivity index (χ1) is 9.97. The molecular formula is C13H14F3N3O2. The van der Waals surface area contributed by atoms with Gasteiger partial charge in [-0.2, -0.15) is 18.2 Å². The number of nitrogens with zero attached hydrogens (tertiary/aromatic N) is 2. The minimum Gasteiger partial charge on any atom is -0.387 e. The van der Waals surface area contributed by atoms with Crippen molar-refractivity contribution in [2.24, 2.45) is 0 Å². The number of aliphatic hydroxyl groups excluding tert-OH is 1. The Morgan fingerprint density at radius 2 is 1.95 bits per heavy atom. The van der Waals surface area contributed by atoms with Crippen LogP contribution in [0.25, 0.3) is 0 Å². The summed E-state index contributed by atoms with van der Waals surface area (Å²) in [5.74, 6) is 0.548. The molecule has 114 valence electrons. The summed E-state index contributed by atoms with van der Waals surface area (Å²) in [4.78, 5) is 3.84. The van der Waals surface area contributed by atoms with E-state index in [9.17, 15) is 18.3 Å². The lowest BCUT2D eigenvalue weighted by Crippen LogP contribution is -2.24. The summed E-state index contributed by atoms with van der Waals surface area (Å²) in [5, 5.41) is 16.5. The summed E-state index contributed by atoms with van der Waals surface area (Å²) < 4.78 is 41.8. The van der Waals surface area contributed by atoms with Crippen LogP contribution in [0.15, 0.2) is 35.2 Å². The maximum Gasteiger partial charge on any atom is 0.416 e. The van der Waals surface area contributed by atoms with E-state index in [-0.39, 0.29) is 6.54 Å². The van der Waals surface area contributed by atoms with Crippen molar-refractivity contribution in [3.8, 4) is 0 Å². The van der Waals surface area contributed by atoms with Gasteiger partial charge >= 0.3 is 6.18 Å². The third-order valence-corrected chi connectivity index (χ3v) is 2.89. The molecule has 2 N–H and O–H groups in total. The van der Waals surface area contributed by atoms with Crippen LogP contribution in [-0.2, 0) is 12.6 Å². The van der Waals surface area contributed by atoms with Gasteiger partial charge in [0.1, 0.15) is 0 Å². The predicted molar refractivity (Wildman–Crippen MR) is 67.3 cm³/mol. The Bertz CT molecular complexity index is 541. The molecule has 0 aliphatic rings. The molecule has 0 saturated carbocycles. The molecule has 5 nitrogen and oxygen atoms in total. The molecule has 2 rings (SSSR count). The molecule has 0 aliphatic heterocycles. The van der Waals surface area contributed by atoms with Gasteiger partial charge in [-0.1, -0.05) is 17.3 Å². The van der Waals surface area contributed by atoms with Crippen LogP contribution in [0, 0.1) is 0 Å². The lowest BCUT2D eigenvalue weighted by molar-refractivity contribution is -0.137. The van der Waals surface area contributed by atoms with E-state index in [2.05, 4.69) is 20.0 Å². The van der Waals surface area contributed by atoms with Crippen LogP contribution < -0.4 is 5.32 Å². The number of aromatic nitrogens is 2. The van der Waals surface area contributed by atoms with E-state index in [1.54, 1.807) is 0 Å². The van der Waals surface area contributed by atoms with Gasteiger partial charge in [-0.15, -0.1) is 0 Å². The van der Waals surface area contributed by atoms with Gasteiger partial charge in [0.05, 0.1) is 11.7 Å². The molecule has 8 heteroatoms. The van der Waals surface area contributed by atoms with Crippen LogP contribution in [0.5, 0.6) is 0 Å². The number of hydrogen-bond donors (Lipinski definition) is 2. The lowest BCUT2D eigenvalue weighted by Gasteiger charge is -2.13. The molecule has 1 atom stereocenters. The third kappa shape index (κ3) is 4.54. The fourth-order valence-electron chi connectivity index (χ4n) is 1.75. The van der Waals surface area contributed by atoms with E-state index in [0.717, 1.165) is 12.1 Å². The van der Waals surface area contributed by atoms with Crippen molar-refractivity contribution < 1.29 is 22.8 Å². The average molecular weight is 301 g/mol. The number of halogens is 3. The smallest absolute Gasteiger partial charge is 0.387 e. The quantitative estimate of drug-likeness (QED) is 0.798. The van der Waals surface area contributed by atoms with Gasteiger partial charge in [-0.3, -0.25) is 0 Å². The molecule has 1 aromatic carbocycles. The highest BCUT2D eigenvalue weighted by Gasteiger charge is 2.30. The number of nitrogens with one attached hydrogen (secondary N) is 1. The topological polar surface area (TPSA) is 71.2 Å². The van der Waals surface area contributed by atoms with Gasteiger partial charge in [0.25, 0.3) is 0 Å². The molecule has 0 amide bonds. The van der Waals surface area contributed by atoms with Crippen molar-refractivity contribution in [2.75, 3.05) is 13.1 Å². The summed E-state index contributed by atoms with van der Waals surface area (Å²) in [6, 6.07) is 4.46. The van der Waals surface area contributed by atoms with Crippen LogP contribution in [0.3, 0.4) is 0 Å². The van der Waals surface area contributed by atoms with Crippen molar-refractivity contribution in [1.29, 1.82) is 0 Å². The highest BCUT2D eigenvalue weighted by molar-refractivity contribution is 5.26. The van der Waals surface area contributed by atoms with E-state index in [1.807, 2.05) is 0 Å². The van der Waals surface area contributed by atoms with E-state index < -0.39 is 17.8 Å². The molecule has 2 aromatic rings. The van der Waals surface area contributed by atoms with Crippen molar-refractivity contribution in [1.82, 2.24) is 15.5 Å². The molecule has 21 heavy (non-hydrogen) atoms. The molecule has 1 aromatic heterocycles. The molecule has 0 saturated heterocycles. The first kappa shape index (κ1) is 15.5. The maximum absolute atomic E-state index is 12.4. The molecule has 0 radical (unpaired) electrons. The van der Waals surface area contributed by atoms with Gasteiger partial charge in [0.15, 0.2) is 5.82 Å². The minimum absolute atomic E-state index is 0.225. The Morgan fingerprint density at radius 3 is 2.52 bits per heavy atom. The van der Waals surface area contributed by atoms with Crippen LogP contribution in [-0.4, -0.2) is 28.3 Å². The highest BCUT2D eigenvalue weighted by atomic mass is 19.4. The van der Waals surface area contributed by atoms with Gasteiger partial charge in [0.2, 0.25) is 6.39 Å². The molecule has 0 aliphatic carbocycles. The zero-order valence-corrected chi connectivity index (χ0v) is 11.0. The number of benzene rings is 1. The van der Waals surface area contributed by atoms with E-state index in [0.29, 0.717) is 24.4 Å². The standard InChI is InChI=1S/C13H14F3N3O2/c14-13(15,16)10-3-1-9(2-4-10)11(20)7-17-6-5-12-18-8-21-19-12/h1-4,8,11,17,20H,5-7H2. The largest absolute Gasteiger partial charge is 0.416 e. The van der Waals surface area contributed by atoms with Gasteiger partial charge in [-0.25, -0.2) is 0 Å². The Balaban J connectivity index is 1.79. The Morgan fingerprint density at radius 1 is 1.24 bits per heavy atom. The lowest BCUT2D eigenvalue weighted by atomic mass is 10.1. The molecule has 1 heterocycles. The first-order valence-electron chi connectivity index (χ1n) is 6.28. The van der Waals surface area contributed by atoms with Crippen LogP contribution >= 0.6 is 0 Å². The van der Waals surface area contributed by atoms with E-state index in [1.165, 1.54) is 18.5 Å². The zero-order chi connectivity index (χ0) is 15.3. The van der Waals surface area contributed by atoms with E-state index >= 15 is 0 Å². The predicted octanol–water partition coefficient (Wildman–Crippen LogP) is 1.95. The van der Waals surface area contributed by atoms with Crippen LogP contribution in [0.4, 0.5) is 13.2 Å². The first-order valence-corrected chi connectivity index (χ1v) is 6.28. The van der Waals surface area contributed by atoms with Gasteiger partial charge in [-0.05, 0) is 17.7 Å². The SMILES string of the molecule is OC(CNCCc1ncon1)c1ccc(C(F)(F)F)cc1. The third-order valence-electron chi connectivity index (χ3n) is 2.89. The van der Waals surface area contributed by atoms with E-state index in [4.69, 9.17) is 0 Å². The van der Waals surface area contributed by atoms with Crippen molar-refractivity contribution in [3.63, 3.8) is 0 Å². The summed E-state index contributed by atoms with van der Waals surface area (Å²) >= 11 is 0. The second kappa shape index (κ2) is 6.68. The normalized spacial score (nSPS) is 13.3. The summed E-state index contributed by atoms with van der Waals surface area (Å²) in [6.07, 6.45) is -3.48. The molecular weight excluding hydrogens is 287 g/mol. The molecule has 0 bridgehead atoms. The fraction of sp³-hybridized carbons (Fsp3) is 0.385. The van der Waals surface area contributed by atoms with Gasteiger partial charge in [0, 0.05) is 19.5 Å². The van der Waals surface area contributed by atoms with Crippen molar-refractivity contribution in [2.45, 2.75) is 18.7 Å². The summed E-state index contributed by atoms with van der Waals surface area (Å²) in [7, 11) is 0. The van der Waals surface area contributed by atoms with Crippen LogP contribution in [0.2, 0.25) is 0 Å². The zero-order valence-electron chi connectivity index (χ0n) is 11.0. The number of alkyl halides is 3. The second-order valence-corrected chi connectivity index (χ2v) is 4.44. The fourth-order valence-corrected chi connectivity index (χ4v) is 1.75. The monoisotopic (exact) mass is 301 g/mol. The maximum atomic E-state index is 12.4. The molecule has 0 spiro atoms. The number of hydrogen-bond acceptors (Lipinski definition) is 5. The van der Waals surface area contributed by atoms with Crippen LogP contribution in [0.1, 0.15) is 23.1 Å². The summed E-state index contributed by atoms with van der Waals surface area (Å²) in [6.45, 7) is 0.750. The van der Waals surface area contributed by atoms with Gasteiger partial charge < -0.3 is 14.9 Å².